The predicted molar refractivity (Wildman–Crippen MR) is 60.3 cm³/mol. The Bertz CT molecular complexity index is 268. The maximum atomic E-state index is 11.6. The first-order valence-corrected chi connectivity index (χ1v) is 5.28. The molecule has 1 aliphatic heterocycles. The lowest BCUT2D eigenvalue weighted by molar-refractivity contribution is -0.121. The van der Waals surface area contributed by atoms with Gasteiger partial charge < -0.3 is 14.8 Å². The molecule has 1 saturated heterocycles. The van der Waals surface area contributed by atoms with E-state index in [2.05, 4.69) is 15.6 Å². The van der Waals surface area contributed by atoms with Crippen molar-refractivity contribution in [3.8, 4) is 0 Å². The average Bonchev–Trinajstić information content (AvgIpc) is 2.61. The van der Waals surface area contributed by atoms with E-state index in [1.807, 2.05) is 6.92 Å². The molecule has 0 aromatic carbocycles. The van der Waals surface area contributed by atoms with Gasteiger partial charge in [-0.25, -0.2) is 0 Å². The molecule has 16 heavy (non-hydrogen) atoms. The second-order valence-corrected chi connectivity index (χ2v) is 3.77. The number of nitrogens with zero attached hydrogens (tertiary/aromatic N) is 1. The number of ether oxygens (including phenoxy) is 2. The van der Waals surface area contributed by atoms with E-state index in [9.17, 15) is 4.79 Å². The molecule has 2 unspecified atom stereocenters. The lowest BCUT2D eigenvalue weighted by Gasteiger charge is -2.15. The molecule has 92 valence electrons. The van der Waals surface area contributed by atoms with Crippen molar-refractivity contribution < 1.29 is 14.3 Å². The molecule has 1 rings (SSSR count). The largest absolute Gasteiger partial charge is 0.384 e. The minimum atomic E-state index is -0.263. The summed E-state index contributed by atoms with van der Waals surface area (Å²) in [5.41, 5.74) is 0. The number of methoxy groups -OCH3 is 2. The van der Waals surface area contributed by atoms with E-state index in [0.29, 0.717) is 25.7 Å². The Morgan fingerprint density at radius 2 is 2.19 bits per heavy atom. The molecule has 0 aromatic rings. The van der Waals surface area contributed by atoms with E-state index >= 15 is 0 Å². The van der Waals surface area contributed by atoms with Crippen LogP contribution in [0.25, 0.3) is 0 Å². The normalized spacial score (nSPS) is 24.3. The highest BCUT2D eigenvalue weighted by molar-refractivity contribution is 6.06. The Labute approximate surface area is 95.4 Å². The Kier molecular flexibility index (Phi) is 5.21. The molecular weight excluding hydrogens is 210 g/mol. The van der Waals surface area contributed by atoms with Crippen molar-refractivity contribution in [3.63, 3.8) is 0 Å². The molecule has 6 heteroatoms. The molecule has 1 aliphatic rings. The Morgan fingerprint density at radius 1 is 1.44 bits per heavy atom. The first-order chi connectivity index (χ1) is 7.69. The molecule has 2 atom stereocenters. The van der Waals surface area contributed by atoms with Crippen molar-refractivity contribution in [1.82, 2.24) is 10.6 Å². The number of hydrogen-bond acceptors (Lipinski definition) is 4. The van der Waals surface area contributed by atoms with Crippen molar-refractivity contribution in [2.24, 2.45) is 10.9 Å². The van der Waals surface area contributed by atoms with Gasteiger partial charge in [0.25, 0.3) is 0 Å². The molecule has 0 saturated carbocycles. The summed E-state index contributed by atoms with van der Waals surface area (Å²) < 4.78 is 9.89. The summed E-state index contributed by atoms with van der Waals surface area (Å²) >= 11 is 0. The number of amides is 1. The SMILES string of the molecule is COCCN=C1NC(=O)C(C(C)COC)N1. The van der Waals surface area contributed by atoms with Crippen LogP contribution in [0.1, 0.15) is 6.92 Å². The van der Waals surface area contributed by atoms with E-state index in [4.69, 9.17) is 9.47 Å². The van der Waals surface area contributed by atoms with Gasteiger partial charge in [-0.1, -0.05) is 6.92 Å². The van der Waals surface area contributed by atoms with Crippen molar-refractivity contribution in [2.75, 3.05) is 34.0 Å². The monoisotopic (exact) mass is 229 g/mol. The zero-order valence-corrected chi connectivity index (χ0v) is 9.95. The second-order valence-electron chi connectivity index (χ2n) is 3.77. The Morgan fingerprint density at radius 3 is 2.81 bits per heavy atom. The number of carbonyl (C=O) groups is 1. The van der Waals surface area contributed by atoms with Crippen LogP contribution in [0, 0.1) is 5.92 Å². The average molecular weight is 229 g/mol. The Balaban J connectivity index is 2.46. The second kappa shape index (κ2) is 6.44. The standard InChI is InChI=1S/C10H19N3O3/c1-7(6-16-3)8-9(14)13-10(12-8)11-4-5-15-2/h7-8H,4-6H2,1-3H3,(H2,11,12,13,14). The third-order valence-electron chi connectivity index (χ3n) is 2.38. The van der Waals surface area contributed by atoms with E-state index in [1.54, 1.807) is 14.2 Å². The zero-order valence-electron chi connectivity index (χ0n) is 9.95. The fourth-order valence-corrected chi connectivity index (χ4v) is 1.54. The zero-order chi connectivity index (χ0) is 12.0. The fraction of sp³-hybridized carbons (Fsp3) is 0.800. The van der Waals surface area contributed by atoms with Crippen LogP contribution in [-0.4, -0.2) is 51.9 Å². The summed E-state index contributed by atoms with van der Waals surface area (Å²) in [7, 11) is 3.24. The van der Waals surface area contributed by atoms with Crippen LogP contribution in [-0.2, 0) is 14.3 Å². The van der Waals surface area contributed by atoms with Crippen LogP contribution in [0.15, 0.2) is 4.99 Å². The van der Waals surface area contributed by atoms with Gasteiger partial charge in [0.15, 0.2) is 5.96 Å². The van der Waals surface area contributed by atoms with Crippen molar-refractivity contribution in [1.29, 1.82) is 0 Å². The molecule has 2 N–H and O–H groups in total. The van der Waals surface area contributed by atoms with Gasteiger partial charge in [0.1, 0.15) is 6.04 Å². The fourth-order valence-electron chi connectivity index (χ4n) is 1.54. The van der Waals surface area contributed by atoms with Crippen LogP contribution in [0.2, 0.25) is 0 Å². The van der Waals surface area contributed by atoms with Crippen molar-refractivity contribution >= 4 is 11.9 Å². The van der Waals surface area contributed by atoms with E-state index in [0.717, 1.165) is 0 Å². The van der Waals surface area contributed by atoms with Crippen LogP contribution in [0.3, 0.4) is 0 Å². The van der Waals surface area contributed by atoms with E-state index in [1.165, 1.54) is 0 Å². The maximum absolute atomic E-state index is 11.6. The van der Waals surface area contributed by atoms with Crippen LogP contribution < -0.4 is 10.6 Å². The summed E-state index contributed by atoms with van der Waals surface area (Å²) in [6, 6.07) is -0.263. The first-order valence-electron chi connectivity index (χ1n) is 5.28. The summed E-state index contributed by atoms with van der Waals surface area (Å²) in [5.74, 6) is 0.579. The van der Waals surface area contributed by atoms with Gasteiger partial charge in [0, 0.05) is 20.1 Å². The highest BCUT2D eigenvalue weighted by atomic mass is 16.5. The van der Waals surface area contributed by atoms with Gasteiger partial charge in [-0.3, -0.25) is 15.1 Å². The highest BCUT2D eigenvalue weighted by Gasteiger charge is 2.32. The topological polar surface area (TPSA) is 72.0 Å². The lowest BCUT2D eigenvalue weighted by Crippen LogP contribution is -2.37. The highest BCUT2D eigenvalue weighted by Crippen LogP contribution is 2.07. The summed E-state index contributed by atoms with van der Waals surface area (Å²) in [6.07, 6.45) is 0. The summed E-state index contributed by atoms with van der Waals surface area (Å²) in [4.78, 5) is 15.8. The molecule has 0 radical (unpaired) electrons. The van der Waals surface area contributed by atoms with Gasteiger partial charge in [0.2, 0.25) is 5.91 Å². The number of nitrogens with one attached hydrogen (secondary N) is 2. The van der Waals surface area contributed by atoms with Crippen LogP contribution in [0.4, 0.5) is 0 Å². The van der Waals surface area contributed by atoms with Crippen LogP contribution >= 0.6 is 0 Å². The molecule has 0 bridgehead atoms. The Hall–Kier alpha value is -1.14. The van der Waals surface area contributed by atoms with Gasteiger partial charge in [-0.15, -0.1) is 0 Å². The van der Waals surface area contributed by atoms with Crippen LogP contribution in [0.5, 0.6) is 0 Å². The first kappa shape index (κ1) is 12.9. The van der Waals surface area contributed by atoms with Gasteiger partial charge in [-0.05, 0) is 0 Å². The summed E-state index contributed by atoms with van der Waals surface area (Å²) in [5, 5.41) is 5.73. The van der Waals surface area contributed by atoms with Gasteiger partial charge >= 0.3 is 0 Å². The predicted octanol–water partition coefficient (Wildman–Crippen LogP) is -0.641. The molecule has 1 amide bonds. The van der Waals surface area contributed by atoms with Gasteiger partial charge in [0.05, 0.1) is 19.8 Å². The molecule has 0 spiro atoms. The smallest absolute Gasteiger partial charge is 0.249 e. The molecule has 1 fully saturated rings. The third-order valence-corrected chi connectivity index (χ3v) is 2.38. The quantitative estimate of drug-likeness (QED) is 0.594. The third kappa shape index (κ3) is 3.46. The number of rotatable bonds is 6. The minimum Gasteiger partial charge on any atom is -0.384 e. The maximum Gasteiger partial charge on any atom is 0.249 e. The minimum absolute atomic E-state index is 0.0549. The summed E-state index contributed by atoms with van der Waals surface area (Å²) in [6.45, 7) is 3.57. The molecule has 0 aliphatic carbocycles. The molecule has 0 aromatic heterocycles. The van der Waals surface area contributed by atoms with Crippen molar-refractivity contribution in [3.05, 3.63) is 0 Å². The van der Waals surface area contributed by atoms with Gasteiger partial charge in [-0.2, -0.15) is 0 Å². The molecule has 6 nitrogen and oxygen atoms in total. The number of guanidine groups is 1. The number of aliphatic imine (C=N–C) groups is 1. The lowest BCUT2D eigenvalue weighted by atomic mass is 10.0. The molecule has 1 heterocycles. The molecular formula is C10H19N3O3. The van der Waals surface area contributed by atoms with E-state index in [-0.39, 0.29) is 17.9 Å². The number of carbonyl (C=O) groups excluding carboxylic acids is 1. The van der Waals surface area contributed by atoms with Crippen molar-refractivity contribution in [2.45, 2.75) is 13.0 Å². The van der Waals surface area contributed by atoms with E-state index < -0.39 is 0 Å². The number of hydrogen-bond donors (Lipinski definition) is 2.